The van der Waals surface area contributed by atoms with Crippen LogP contribution in [0.25, 0.3) is 10.2 Å². The summed E-state index contributed by atoms with van der Waals surface area (Å²) in [4.78, 5) is 33.4. The second kappa shape index (κ2) is 8.01. The summed E-state index contributed by atoms with van der Waals surface area (Å²) in [6, 6.07) is 19.6. The van der Waals surface area contributed by atoms with Gasteiger partial charge >= 0.3 is 0 Å². The molecule has 2 aromatic carbocycles. The summed E-state index contributed by atoms with van der Waals surface area (Å²) in [6.07, 6.45) is 1.57. The summed E-state index contributed by atoms with van der Waals surface area (Å²) in [5.41, 5.74) is 2.68. The highest BCUT2D eigenvalue weighted by Gasteiger charge is 2.22. The van der Waals surface area contributed by atoms with Crippen molar-refractivity contribution in [2.45, 2.75) is 20.0 Å². The van der Waals surface area contributed by atoms with Gasteiger partial charge in [0.25, 0.3) is 11.5 Å². The van der Waals surface area contributed by atoms with Crippen LogP contribution in [0.2, 0.25) is 0 Å². The van der Waals surface area contributed by atoms with Gasteiger partial charge in [0, 0.05) is 13.6 Å². The molecule has 0 bridgehead atoms. The molecule has 0 saturated carbocycles. The van der Waals surface area contributed by atoms with E-state index < -0.39 is 0 Å². The van der Waals surface area contributed by atoms with Crippen LogP contribution in [0.3, 0.4) is 0 Å². The fourth-order valence-electron chi connectivity index (χ4n) is 3.36. The Bertz CT molecular complexity index is 1210. The zero-order chi connectivity index (χ0) is 20.4. The molecule has 0 unspecified atom stereocenters. The lowest BCUT2D eigenvalue weighted by molar-refractivity contribution is 0.0789. The summed E-state index contributed by atoms with van der Waals surface area (Å²) in [5, 5.41) is 0.532. The van der Waals surface area contributed by atoms with Crippen molar-refractivity contribution in [1.29, 1.82) is 0 Å². The number of fused-ring (bicyclic) bond motifs is 1. The van der Waals surface area contributed by atoms with Crippen molar-refractivity contribution in [2.24, 2.45) is 0 Å². The van der Waals surface area contributed by atoms with Crippen LogP contribution in [-0.2, 0) is 13.1 Å². The number of benzene rings is 2. The van der Waals surface area contributed by atoms with Crippen LogP contribution >= 0.6 is 11.3 Å². The summed E-state index contributed by atoms with van der Waals surface area (Å²) < 4.78 is 1.60. The SMILES string of the molecule is Cc1c(C(=O)N(C)Cc2ccccc2)sc2ncn(Cc3ccccc3)c(=O)c12. The fourth-order valence-corrected chi connectivity index (χ4v) is 4.49. The van der Waals surface area contributed by atoms with E-state index in [1.807, 2.05) is 67.6 Å². The van der Waals surface area contributed by atoms with Crippen molar-refractivity contribution in [1.82, 2.24) is 14.5 Å². The third-order valence-electron chi connectivity index (χ3n) is 4.92. The second-order valence-electron chi connectivity index (χ2n) is 7.05. The third-order valence-corrected chi connectivity index (χ3v) is 6.10. The van der Waals surface area contributed by atoms with Gasteiger partial charge in [-0.05, 0) is 23.6 Å². The van der Waals surface area contributed by atoms with E-state index in [0.29, 0.717) is 33.7 Å². The van der Waals surface area contributed by atoms with Crippen molar-refractivity contribution in [2.75, 3.05) is 7.05 Å². The normalized spacial score (nSPS) is 11.0. The first-order chi connectivity index (χ1) is 14.0. The maximum atomic E-state index is 13.1. The van der Waals surface area contributed by atoms with E-state index in [9.17, 15) is 9.59 Å². The Morgan fingerprint density at radius 1 is 1.03 bits per heavy atom. The minimum Gasteiger partial charge on any atom is -0.337 e. The Morgan fingerprint density at radius 2 is 1.66 bits per heavy atom. The molecule has 2 heterocycles. The molecule has 0 saturated heterocycles. The highest BCUT2D eigenvalue weighted by atomic mass is 32.1. The van der Waals surface area contributed by atoms with Gasteiger partial charge in [-0.25, -0.2) is 4.98 Å². The molecule has 29 heavy (non-hydrogen) atoms. The fraction of sp³-hybridized carbons (Fsp3) is 0.174. The minimum atomic E-state index is -0.114. The standard InChI is InChI=1S/C23H21N3O2S/c1-16-19-21(24-15-26(22(19)27)14-18-11-7-4-8-12-18)29-20(16)23(28)25(2)13-17-9-5-3-6-10-17/h3-12,15H,13-14H2,1-2H3. The quantitative estimate of drug-likeness (QED) is 0.504. The van der Waals surface area contributed by atoms with Crippen LogP contribution in [0.1, 0.15) is 26.4 Å². The van der Waals surface area contributed by atoms with Gasteiger partial charge in [0.05, 0.1) is 23.1 Å². The number of amides is 1. The van der Waals surface area contributed by atoms with Gasteiger partial charge in [-0.3, -0.25) is 14.2 Å². The van der Waals surface area contributed by atoms with Gasteiger partial charge in [-0.15, -0.1) is 11.3 Å². The van der Waals surface area contributed by atoms with Crippen molar-refractivity contribution in [3.63, 3.8) is 0 Å². The van der Waals surface area contributed by atoms with Crippen molar-refractivity contribution in [3.05, 3.63) is 98.9 Å². The molecule has 0 atom stereocenters. The molecule has 6 heteroatoms. The van der Waals surface area contributed by atoms with Crippen molar-refractivity contribution >= 4 is 27.5 Å². The van der Waals surface area contributed by atoms with Crippen LogP contribution in [0.4, 0.5) is 0 Å². The summed E-state index contributed by atoms with van der Waals surface area (Å²) in [5.74, 6) is -0.0941. The van der Waals surface area contributed by atoms with E-state index in [2.05, 4.69) is 4.98 Å². The van der Waals surface area contributed by atoms with E-state index in [0.717, 1.165) is 11.1 Å². The number of hydrogen-bond acceptors (Lipinski definition) is 4. The number of aryl methyl sites for hydroxylation is 1. The Labute approximate surface area is 172 Å². The molecule has 146 valence electrons. The zero-order valence-corrected chi connectivity index (χ0v) is 17.1. The van der Waals surface area contributed by atoms with Gasteiger partial charge < -0.3 is 4.90 Å². The van der Waals surface area contributed by atoms with E-state index in [1.54, 1.807) is 22.8 Å². The molecule has 0 N–H and O–H groups in total. The van der Waals surface area contributed by atoms with Crippen molar-refractivity contribution in [3.8, 4) is 0 Å². The van der Waals surface area contributed by atoms with Crippen molar-refractivity contribution < 1.29 is 4.79 Å². The highest BCUT2D eigenvalue weighted by molar-refractivity contribution is 7.20. The average molecular weight is 404 g/mol. The molecule has 4 rings (SSSR count). The topological polar surface area (TPSA) is 55.2 Å². The first kappa shape index (κ1) is 19.1. The minimum absolute atomic E-state index is 0.0941. The summed E-state index contributed by atoms with van der Waals surface area (Å²) >= 11 is 1.28. The molecule has 0 spiro atoms. The molecule has 4 aromatic rings. The van der Waals surface area contributed by atoms with E-state index in [-0.39, 0.29) is 11.5 Å². The number of rotatable bonds is 5. The zero-order valence-electron chi connectivity index (χ0n) is 16.3. The van der Waals surface area contributed by atoms with Crippen LogP contribution in [0, 0.1) is 6.92 Å². The van der Waals surface area contributed by atoms with Gasteiger partial charge in [0.1, 0.15) is 4.83 Å². The smallest absolute Gasteiger partial charge is 0.264 e. The monoisotopic (exact) mass is 403 g/mol. The number of carbonyl (C=O) groups excluding carboxylic acids is 1. The molecule has 1 amide bonds. The number of hydrogen-bond donors (Lipinski definition) is 0. The molecule has 0 aliphatic carbocycles. The first-order valence-corrected chi connectivity index (χ1v) is 10.2. The van der Waals surface area contributed by atoms with E-state index in [4.69, 9.17) is 0 Å². The number of nitrogens with zero attached hydrogens (tertiary/aromatic N) is 3. The first-order valence-electron chi connectivity index (χ1n) is 9.36. The number of aromatic nitrogens is 2. The van der Waals surface area contributed by atoms with Gasteiger partial charge in [0.2, 0.25) is 0 Å². The summed E-state index contributed by atoms with van der Waals surface area (Å²) in [7, 11) is 1.78. The molecule has 0 aliphatic heterocycles. The molecule has 0 fully saturated rings. The molecular weight excluding hydrogens is 382 g/mol. The maximum absolute atomic E-state index is 13.1. The molecule has 5 nitrogen and oxygen atoms in total. The van der Waals surface area contributed by atoms with Crippen LogP contribution in [0.5, 0.6) is 0 Å². The number of thiophene rings is 1. The predicted molar refractivity (Wildman–Crippen MR) is 116 cm³/mol. The van der Waals surface area contributed by atoms with Crippen LogP contribution in [0.15, 0.2) is 71.8 Å². The highest BCUT2D eigenvalue weighted by Crippen LogP contribution is 2.28. The average Bonchev–Trinajstić information content (AvgIpc) is 3.08. The lowest BCUT2D eigenvalue weighted by Crippen LogP contribution is -2.26. The van der Waals surface area contributed by atoms with Gasteiger partial charge in [-0.2, -0.15) is 0 Å². The van der Waals surface area contributed by atoms with E-state index in [1.165, 1.54) is 11.3 Å². The summed E-state index contributed by atoms with van der Waals surface area (Å²) in [6.45, 7) is 2.80. The van der Waals surface area contributed by atoms with Gasteiger partial charge in [-0.1, -0.05) is 60.7 Å². The largest absolute Gasteiger partial charge is 0.337 e. The van der Waals surface area contributed by atoms with E-state index >= 15 is 0 Å². The van der Waals surface area contributed by atoms with Crippen LogP contribution in [-0.4, -0.2) is 27.4 Å². The number of carbonyl (C=O) groups is 1. The Hall–Kier alpha value is -3.25. The Balaban J connectivity index is 1.66. The van der Waals surface area contributed by atoms with Crippen LogP contribution < -0.4 is 5.56 Å². The van der Waals surface area contributed by atoms with Gasteiger partial charge in [0.15, 0.2) is 0 Å². The molecule has 0 radical (unpaired) electrons. The second-order valence-corrected chi connectivity index (χ2v) is 8.05. The molecule has 0 aliphatic rings. The molecule has 2 aromatic heterocycles. The lowest BCUT2D eigenvalue weighted by Gasteiger charge is -2.16. The molecular formula is C23H21N3O2S. The maximum Gasteiger partial charge on any atom is 0.264 e. The third kappa shape index (κ3) is 3.84. The Kier molecular flexibility index (Phi) is 5.27. The Morgan fingerprint density at radius 3 is 2.31 bits per heavy atom. The predicted octanol–water partition coefficient (Wildman–Crippen LogP) is 4.09. The lowest BCUT2D eigenvalue weighted by atomic mass is 10.1.